The van der Waals surface area contributed by atoms with Crippen molar-refractivity contribution < 1.29 is 14.4 Å². The Labute approximate surface area is 134 Å². The third-order valence-electron chi connectivity index (χ3n) is 3.77. The number of hydrogen-bond donors (Lipinski definition) is 2. The van der Waals surface area contributed by atoms with Crippen molar-refractivity contribution in [2.75, 3.05) is 6.54 Å². The van der Waals surface area contributed by atoms with Crippen LogP contribution in [0.25, 0.3) is 6.08 Å². The van der Waals surface area contributed by atoms with Crippen LogP contribution in [0.4, 0.5) is 4.39 Å². The molecule has 1 aliphatic heterocycles. The van der Waals surface area contributed by atoms with Gasteiger partial charge in [-0.3, -0.25) is 9.98 Å². The molecule has 0 bridgehead atoms. The molecule has 3 rings (SSSR count). The van der Waals surface area contributed by atoms with Crippen molar-refractivity contribution in [1.29, 1.82) is 0 Å². The summed E-state index contributed by atoms with van der Waals surface area (Å²) < 4.78 is 14.2. The Morgan fingerprint density at radius 1 is 1.22 bits per heavy atom. The van der Waals surface area contributed by atoms with Crippen molar-refractivity contribution in [3.8, 4) is 0 Å². The van der Waals surface area contributed by atoms with Gasteiger partial charge in [0.25, 0.3) is 0 Å². The molecule has 0 fully saturated rings. The average molecular weight is 310 g/mol. The zero-order valence-corrected chi connectivity index (χ0v) is 12.5. The Bertz CT molecular complexity index is 760. The summed E-state index contributed by atoms with van der Waals surface area (Å²) in [4.78, 5) is 8.67. The van der Waals surface area contributed by atoms with E-state index in [0.29, 0.717) is 5.56 Å². The van der Waals surface area contributed by atoms with Gasteiger partial charge in [-0.05, 0) is 48.2 Å². The molecule has 0 saturated carbocycles. The van der Waals surface area contributed by atoms with E-state index in [0.717, 1.165) is 42.3 Å². The number of pyridine rings is 1. The van der Waals surface area contributed by atoms with Gasteiger partial charge < -0.3 is 10.0 Å². The molecule has 4 nitrogen and oxygen atoms in total. The maximum atomic E-state index is 14.2. The highest BCUT2D eigenvalue weighted by molar-refractivity contribution is 6.58. The average Bonchev–Trinajstić information content (AvgIpc) is 2.58. The van der Waals surface area contributed by atoms with Crippen molar-refractivity contribution in [2.45, 2.75) is 12.8 Å². The summed E-state index contributed by atoms with van der Waals surface area (Å²) in [6, 6.07) is 7.98. The lowest BCUT2D eigenvalue weighted by atomic mass is 9.80. The number of nitrogens with zero attached hydrogens (tertiary/aromatic N) is 2. The Hall–Kier alpha value is -2.31. The molecule has 0 radical (unpaired) electrons. The molecule has 0 saturated heterocycles. The van der Waals surface area contributed by atoms with Crippen molar-refractivity contribution in [3.05, 3.63) is 65.2 Å². The van der Waals surface area contributed by atoms with Gasteiger partial charge in [-0.1, -0.05) is 12.1 Å². The summed E-state index contributed by atoms with van der Waals surface area (Å²) in [6.45, 7) is 0.750. The number of benzene rings is 1. The van der Waals surface area contributed by atoms with Crippen LogP contribution >= 0.6 is 0 Å². The molecule has 23 heavy (non-hydrogen) atoms. The molecule has 0 spiro atoms. The fourth-order valence-electron chi connectivity index (χ4n) is 2.61. The third kappa shape index (κ3) is 3.55. The molecule has 0 atom stereocenters. The number of halogens is 1. The van der Waals surface area contributed by atoms with E-state index in [-0.39, 0.29) is 5.46 Å². The van der Waals surface area contributed by atoms with E-state index < -0.39 is 12.9 Å². The van der Waals surface area contributed by atoms with E-state index in [2.05, 4.69) is 9.98 Å². The highest BCUT2D eigenvalue weighted by Crippen LogP contribution is 2.22. The number of hydrogen-bond acceptors (Lipinski definition) is 4. The van der Waals surface area contributed by atoms with Gasteiger partial charge in [0.15, 0.2) is 0 Å². The highest BCUT2D eigenvalue weighted by atomic mass is 19.1. The summed E-state index contributed by atoms with van der Waals surface area (Å²) in [5.41, 5.74) is 3.26. The van der Waals surface area contributed by atoms with Crippen molar-refractivity contribution >= 4 is 24.4 Å². The zero-order valence-electron chi connectivity index (χ0n) is 12.5. The molecule has 1 aromatic heterocycles. The van der Waals surface area contributed by atoms with Crippen LogP contribution in [0, 0.1) is 5.82 Å². The summed E-state index contributed by atoms with van der Waals surface area (Å²) in [5.74, 6) is -0.487. The van der Waals surface area contributed by atoms with Crippen LogP contribution < -0.4 is 5.46 Å². The summed E-state index contributed by atoms with van der Waals surface area (Å²) >= 11 is 0. The monoisotopic (exact) mass is 310 g/mol. The fourth-order valence-corrected chi connectivity index (χ4v) is 2.61. The number of aromatic nitrogens is 1. The first-order chi connectivity index (χ1) is 11.1. The molecular weight excluding hydrogens is 294 g/mol. The summed E-state index contributed by atoms with van der Waals surface area (Å²) in [7, 11) is -1.67. The van der Waals surface area contributed by atoms with Gasteiger partial charge in [-0.25, -0.2) is 4.39 Å². The topological polar surface area (TPSA) is 65.7 Å². The second-order valence-electron chi connectivity index (χ2n) is 5.40. The molecule has 0 amide bonds. The van der Waals surface area contributed by atoms with Gasteiger partial charge in [0.1, 0.15) is 5.82 Å². The first-order valence-corrected chi connectivity index (χ1v) is 7.46. The SMILES string of the molecule is OB(O)c1ccc(C=C2CCCN=C2c2cccnc2)c(F)c1. The van der Waals surface area contributed by atoms with Gasteiger partial charge in [0.05, 0.1) is 5.71 Å². The van der Waals surface area contributed by atoms with Gasteiger partial charge in [0, 0.05) is 30.1 Å². The standard InChI is InChI=1S/C17H16BFN2O2/c19-16-10-15(18(22)23)6-5-12(16)9-13-3-2-8-21-17(13)14-4-1-7-20-11-14/h1,4-7,9-11,22-23H,2-3,8H2. The molecule has 2 heterocycles. The van der Waals surface area contributed by atoms with Crippen LogP contribution in [0.1, 0.15) is 24.0 Å². The van der Waals surface area contributed by atoms with Crippen molar-refractivity contribution in [3.63, 3.8) is 0 Å². The van der Waals surface area contributed by atoms with E-state index in [1.165, 1.54) is 6.07 Å². The molecule has 1 aliphatic rings. The van der Waals surface area contributed by atoms with Crippen molar-refractivity contribution in [2.24, 2.45) is 4.99 Å². The van der Waals surface area contributed by atoms with Crippen LogP contribution in [0.5, 0.6) is 0 Å². The maximum Gasteiger partial charge on any atom is 0.488 e. The molecule has 2 aromatic rings. The smallest absolute Gasteiger partial charge is 0.423 e. The number of aliphatic imine (C=N–C) groups is 1. The molecular formula is C17H16BFN2O2. The molecule has 6 heteroatoms. The molecule has 1 aromatic carbocycles. The highest BCUT2D eigenvalue weighted by Gasteiger charge is 2.16. The quantitative estimate of drug-likeness (QED) is 0.846. The van der Waals surface area contributed by atoms with E-state index in [9.17, 15) is 4.39 Å². The first kappa shape index (κ1) is 15.6. The molecule has 0 aliphatic carbocycles. The van der Waals surface area contributed by atoms with Crippen LogP contribution in [0.3, 0.4) is 0 Å². The minimum absolute atomic E-state index is 0.134. The molecule has 2 N–H and O–H groups in total. The van der Waals surface area contributed by atoms with E-state index in [1.54, 1.807) is 24.5 Å². The van der Waals surface area contributed by atoms with Crippen LogP contribution in [-0.2, 0) is 0 Å². The normalized spacial score (nSPS) is 16.3. The molecule has 0 unspecified atom stereocenters. The summed E-state index contributed by atoms with van der Waals surface area (Å²) in [5, 5.41) is 18.2. The Kier molecular flexibility index (Phi) is 4.64. The Morgan fingerprint density at radius 3 is 2.78 bits per heavy atom. The minimum Gasteiger partial charge on any atom is -0.423 e. The number of rotatable bonds is 3. The maximum absolute atomic E-state index is 14.2. The van der Waals surface area contributed by atoms with Gasteiger partial charge >= 0.3 is 7.12 Å². The lowest BCUT2D eigenvalue weighted by molar-refractivity contribution is 0.425. The van der Waals surface area contributed by atoms with Crippen LogP contribution in [-0.4, -0.2) is 34.4 Å². The van der Waals surface area contributed by atoms with Gasteiger partial charge in [-0.2, -0.15) is 0 Å². The van der Waals surface area contributed by atoms with E-state index in [1.807, 2.05) is 12.1 Å². The predicted molar refractivity (Wildman–Crippen MR) is 89.1 cm³/mol. The predicted octanol–water partition coefficient (Wildman–Crippen LogP) is 1.57. The lowest BCUT2D eigenvalue weighted by Gasteiger charge is -2.16. The largest absolute Gasteiger partial charge is 0.488 e. The lowest BCUT2D eigenvalue weighted by Crippen LogP contribution is -2.30. The fraction of sp³-hybridized carbons (Fsp3) is 0.176. The summed E-state index contributed by atoms with van der Waals surface area (Å²) in [6.07, 6.45) is 6.96. The third-order valence-corrected chi connectivity index (χ3v) is 3.77. The van der Waals surface area contributed by atoms with Gasteiger partial charge in [-0.15, -0.1) is 0 Å². The second-order valence-corrected chi connectivity index (χ2v) is 5.40. The Morgan fingerprint density at radius 2 is 2.09 bits per heavy atom. The molecule has 116 valence electrons. The van der Waals surface area contributed by atoms with E-state index in [4.69, 9.17) is 10.0 Å². The van der Waals surface area contributed by atoms with Crippen LogP contribution in [0.2, 0.25) is 0 Å². The second kappa shape index (κ2) is 6.85. The number of allylic oxidation sites excluding steroid dienone is 1. The Balaban J connectivity index is 1.97. The van der Waals surface area contributed by atoms with Crippen molar-refractivity contribution in [1.82, 2.24) is 4.98 Å². The van der Waals surface area contributed by atoms with Crippen LogP contribution in [0.15, 0.2) is 53.3 Å². The minimum atomic E-state index is -1.67. The zero-order chi connectivity index (χ0) is 16.2. The van der Waals surface area contributed by atoms with Gasteiger partial charge in [0.2, 0.25) is 0 Å². The first-order valence-electron chi connectivity index (χ1n) is 7.46. The van der Waals surface area contributed by atoms with E-state index >= 15 is 0 Å².